The lowest BCUT2D eigenvalue weighted by atomic mass is 10.2. The fourth-order valence-electron chi connectivity index (χ4n) is 2.30. The van der Waals surface area contributed by atoms with Crippen molar-refractivity contribution in [2.45, 2.75) is 27.3 Å². The average molecular weight is 317 g/mol. The molecular formula is C16H23N5O2. The van der Waals surface area contributed by atoms with Crippen molar-refractivity contribution in [3.05, 3.63) is 35.8 Å². The van der Waals surface area contributed by atoms with Crippen molar-refractivity contribution in [1.82, 2.24) is 20.1 Å². The van der Waals surface area contributed by atoms with E-state index in [1.807, 2.05) is 24.6 Å². The third kappa shape index (κ3) is 4.70. The smallest absolute Gasteiger partial charge is 0.319 e. The van der Waals surface area contributed by atoms with Gasteiger partial charge in [-0.3, -0.25) is 4.68 Å². The Morgan fingerprint density at radius 3 is 2.87 bits per heavy atom. The highest BCUT2D eigenvalue weighted by atomic mass is 16.5. The van der Waals surface area contributed by atoms with E-state index in [-0.39, 0.29) is 11.9 Å². The third-order valence-corrected chi connectivity index (χ3v) is 3.41. The summed E-state index contributed by atoms with van der Waals surface area (Å²) in [4.78, 5) is 16.0. The molecule has 0 saturated carbocycles. The van der Waals surface area contributed by atoms with Crippen molar-refractivity contribution in [3.8, 4) is 5.88 Å². The van der Waals surface area contributed by atoms with Gasteiger partial charge in [0.2, 0.25) is 5.88 Å². The van der Waals surface area contributed by atoms with Gasteiger partial charge >= 0.3 is 6.03 Å². The summed E-state index contributed by atoms with van der Waals surface area (Å²) in [6, 6.07) is 5.24. The number of ether oxygens (including phenoxy) is 1. The molecule has 2 aromatic heterocycles. The molecule has 0 aliphatic carbocycles. The van der Waals surface area contributed by atoms with Gasteiger partial charge in [0.1, 0.15) is 5.69 Å². The largest absolute Gasteiger partial charge is 0.480 e. The van der Waals surface area contributed by atoms with Crippen molar-refractivity contribution in [2.24, 2.45) is 5.92 Å². The Morgan fingerprint density at radius 2 is 2.22 bits per heavy atom. The number of urea groups is 1. The predicted molar refractivity (Wildman–Crippen MR) is 88.7 cm³/mol. The fraction of sp³-hybridized carbons (Fsp3) is 0.438. The second kappa shape index (κ2) is 7.62. The number of anilines is 1. The van der Waals surface area contributed by atoms with Gasteiger partial charge in [-0.25, -0.2) is 9.78 Å². The molecule has 2 N–H and O–H groups in total. The first-order chi connectivity index (χ1) is 11.0. The minimum absolute atomic E-state index is 0.259. The van der Waals surface area contributed by atoms with Crippen LogP contribution < -0.4 is 15.4 Å². The molecule has 0 unspecified atom stereocenters. The maximum absolute atomic E-state index is 12.0. The lowest BCUT2D eigenvalue weighted by Crippen LogP contribution is -2.33. The van der Waals surface area contributed by atoms with E-state index in [0.29, 0.717) is 18.1 Å². The number of aryl methyl sites for hydroxylation is 2. The number of nitrogens with zero attached hydrogens (tertiary/aromatic N) is 3. The van der Waals surface area contributed by atoms with Crippen LogP contribution in [-0.2, 0) is 6.54 Å². The van der Waals surface area contributed by atoms with E-state index in [1.165, 1.54) is 7.11 Å². The van der Waals surface area contributed by atoms with Crippen molar-refractivity contribution in [1.29, 1.82) is 0 Å². The summed E-state index contributed by atoms with van der Waals surface area (Å²) in [7, 11) is 1.52. The van der Waals surface area contributed by atoms with Gasteiger partial charge < -0.3 is 15.4 Å². The molecule has 0 aliphatic heterocycles. The Morgan fingerprint density at radius 1 is 1.43 bits per heavy atom. The van der Waals surface area contributed by atoms with Crippen molar-refractivity contribution >= 4 is 11.7 Å². The van der Waals surface area contributed by atoms with E-state index in [4.69, 9.17) is 4.74 Å². The predicted octanol–water partition coefficient (Wildman–Crippen LogP) is 2.36. The minimum Gasteiger partial charge on any atom is -0.480 e. The molecule has 1 atom stereocenters. The maximum atomic E-state index is 12.0. The van der Waals surface area contributed by atoms with Crippen molar-refractivity contribution in [3.63, 3.8) is 0 Å². The third-order valence-electron chi connectivity index (χ3n) is 3.41. The first-order valence-corrected chi connectivity index (χ1v) is 7.54. The van der Waals surface area contributed by atoms with Crippen molar-refractivity contribution < 1.29 is 9.53 Å². The van der Waals surface area contributed by atoms with Gasteiger partial charge in [-0.2, -0.15) is 5.10 Å². The van der Waals surface area contributed by atoms with Gasteiger partial charge in [0.05, 0.1) is 12.8 Å². The molecule has 2 heterocycles. The molecule has 0 spiro atoms. The quantitative estimate of drug-likeness (QED) is 0.857. The van der Waals surface area contributed by atoms with Gasteiger partial charge in [-0.15, -0.1) is 0 Å². The molecule has 23 heavy (non-hydrogen) atoms. The molecule has 0 aromatic carbocycles. The van der Waals surface area contributed by atoms with E-state index in [2.05, 4.69) is 27.6 Å². The number of amides is 2. The zero-order valence-electron chi connectivity index (χ0n) is 14.0. The number of nitrogens with one attached hydrogen (secondary N) is 2. The number of hydrogen-bond acceptors (Lipinski definition) is 4. The molecule has 7 heteroatoms. The molecule has 0 saturated heterocycles. The molecule has 7 nitrogen and oxygen atoms in total. The number of aromatic nitrogens is 3. The van der Waals surface area contributed by atoms with E-state index in [9.17, 15) is 4.79 Å². The maximum Gasteiger partial charge on any atom is 0.319 e. The van der Waals surface area contributed by atoms with Gasteiger partial charge in [-0.1, -0.05) is 6.92 Å². The molecular weight excluding hydrogens is 294 g/mol. The summed E-state index contributed by atoms with van der Waals surface area (Å²) in [6.07, 6.45) is 1.61. The number of methoxy groups -OCH3 is 1. The Hall–Kier alpha value is -2.57. The van der Waals surface area contributed by atoms with Crippen LogP contribution in [0.5, 0.6) is 5.88 Å². The highest BCUT2D eigenvalue weighted by Gasteiger charge is 2.11. The Bertz CT molecular complexity index is 668. The lowest BCUT2D eigenvalue weighted by molar-refractivity contribution is 0.249. The number of carbonyl (C=O) groups excluding carboxylic acids is 1. The minimum atomic E-state index is -0.281. The average Bonchev–Trinajstić information content (AvgIpc) is 2.83. The molecule has 0 radical (unpaired) electrons. The van der Waals surface area contributed by atoms with Crippen LogP contribution in [-0.4, -0.2) is 34.5 Å². The van der Waals surface area contributed by atoms with Crippen LogP contribution in [0.25, 0.3) is 0 Å². The first-order valence-electron chi connectivity index (χ1n) is 7.54. The summed E-state index contributed by atoms with van der Waals surface area (Å²) >= 11 is 0. The van der Waals surface area contributed by atoms with Gasteiger partial charge in [-0.05, 0) is 38.0 Å². The summed E-state index contributed by atoms with van der Waals surface area (Å²) in [6.45, 7) is 7.38. The highest BCUT2D eigenvalue weighted by molar-refractivity contribution is 5.90. The van der Waals surface area contributed by atoms with Gasteiger partial charge in [0, 0.05) is 25.0 Å². The molecule has 2 aromatic rings. The number of rotatable bonds is 6. The summed E-state index contributed by atoms with van der Waals surface area (Å²) < 4.78 is 7.06. The van der Waals surface area contributed by atoms with Crippen LogP contribution in [0.3, 0.4) is 0 Å². The fourth-order valence-corrected chi connectivity index (χ4v) is 2.30. The summed E-state index contributed by atoms with van der Waals surface area (Å²) in [5.41, 5.74) is 2.67. The Balaban J connectivity index is 1.83. The Kier molecular flexibility index (Phi) is 5.56. The molecule has 2 amide bonds. The monoisotopic (exact) mass is 317 g/mol. The SMILES string of the molecule is COc1ncccc1NC(=O)NC[C@@H](C)Cn1nc(C)cc1C. The summed E-state index contributed by atoms with van der Waals surface area (Å²) in [5.74, 6) is 0.646. The van der Waals surface area contributed by atoms with Gasteiger partial charge in [0.15, 0.2) is 0 Å². The standard InChI is InChI=1S/C16H23N5O2/c1-11(10-21-13(3)8-12(2)20-21)9-18-16(22)19-14-6-5-7-17-15(14)23-4/h5-8,11H,9-10H2,1-4H3,(H2,18,19,22)/t11-/m1/s1. The van der Waals surface area contributed by atoms with Crippen LogP contribution in [0.4, 0.5) is 10.5 Å². The lowest BCUT2D eigenvalue weighted by Gasteiger charge is -2.15. The van der Waals surface area contributed by atoms with Crippen LogP contribution in [0.2, 0.25) is 0 Å². The van der Waals surface area contributed by atoms with Crippen LogP contribution >= 0.6 is 0 Å². The number of hydrogen-bond donors (Lipinski definition) is 2. The number of pyridine rings is 1. The second-order valence-corrected chi connectivity index (χ2v) is 5.61. The molecule has 124 valence electrons. The molecule has 0 bridgehead atoms. The first kappa shape index (κ1) is 16.8. The van der Waals surface area contributed by atoms with E-state index >= 15 is 0 Å². The van der Waals surface area contributed by atoms with Crippen LogP contribution in [0.1, 0.15) is 18.3 Å². The zero-order valence-corrected chi connectivity index (χ0v) is 14.0. The molecule has 0 fully saturated rings. The van der Waals surface area contributed by atoms with Crippen LogP contribution in [0.15, 0.2) is 24.4 Å². The zero-order chi connectivity index (χ0) is 16.8. The normalized spacial score (nSPS) is 11.8. The Labute approximate surface area is 136 Å². The topological polar surface area (TPSA) is 81.1 Å². The molecule has 2 rings (SSSR count). The van der Waals surface area contributed by atoms with Crippen molar-refractivity contribution in [2.75, 3.05) is 19.0 Å². The van der Waals surface area contributed by atoms with Gasteiger partial charge in [0.25, 0.3) is 0 Å². The van der Waals surface area contributed by atoms with E-state index in [1.54, 1.807) is 18.3 Å². The second-order valence-electron chi connectivity index (χ2n) is 5.61. The van der Waals surface area contributed by atoms with E-state index in [0.717, 1.165) is 17.9 Å². The highest BCUT2D eigenvalue weighted by Crippen LogP contribution is 2.19. The van der Waals surface area contributed by atoms with Crippen LogP contribution in [0, 0.1) is 19.8 Å². The number of carbonyl (C=O) groups is 1. The summed E-state index contributed by atoms with van der Waals surface area (Å²) in [5, 5.41) is 10.0. The van der Waals surface area contributed by atoms with E-state index < -0.39 is 0 Å². The molecule has 0 aliphatic rings.